The van der Waals surface area contributed by atoms with E-state index in [1.54, 1.807) is 14.2 Å². The topological polar surface area (TPSA) is 64.6 Å². The summed E-state index contributed by atoms with van der Waals surface area (Å²) in [6.45, 7) is 3.90. The summed E-state index contributed by atoms with van der Waals surface area (Å²) >= 11 is 0. The summed E-state index contributed by atoms with van der Waals surface area (Å²) < 4.78 is 35.5. The zero-order valence-corrected chi connectivity index (χ0v) is 15.3. The predicted octanol–water partition coefficient (Wildman–Crippen LogP) is 1.16. The number of nitrogens with one attached hydrogen (secondary N) is 1. The summed E-state index contributed by atoms with van der Waals surface area (Å²) in [5, 5.41) is 3.35. The van der Waals surface area contributed by atoms with Gasteiger partial charge in [0.25, 0.3) is 0 Å². The Morgan fingerprint density at radius 3 is 3.15 bits per heavy atom. The molecule has 0 saturated carbocycles. The van der Waals surface area contributed by atoms with Gasteiger partial charge in [-0.1, -0.05) is 0 Å². The molecule has 1 fully saturated rings. The van der Waals surface area contributed by atoms with E-state index in [9.17, 15) is 4.39 Å². The number of guanidine groups is 1. The molecule has 0 spiro atoms. The van der Waals surface area contributed by atoms with Crippen LogP contribution in [0.4, 0.5) is 4.39 Å². The van der Waals surface area contributed by atoms with E-state index < -0.39 is 0 Å². The zero-order valence-electron chi connectivity index (χ0n) is 15.3. The Balaban J connectivity index is 1.57. The van der Waals surface area contributed by atoms with Gasteiger partial charge in [-0.05, 0) is 24.1 Å². The number of methoxy groups -OCH3 is 1. The lowest BCUT2D eigenvalue weighted by Crippen LogP contribution is -2.51. The molecule has 2 aliphatic heterocycles. The minimum absolute atomic E-state index is 0.0379. The van der Waals surface area contributed by atoms with E-state index in [1.165, 1.54) is 12.1 Å². The Bertz CT molecular complexity index is 639. The molecule has 0 aromatic heterocycles. The van der Waals surface area contributed by atoms with E-state index in [4.69, 9.17) is 18.9 Å². The second-order valence-electron chi connectivity index (χ2n) is 6.28. The lowest BCUT2D eigenvalue weighted by atomic mass is 10.1. The largest absolute Gasteiger partial charge is 0.467 e. The van der Waals surface area contributed by atoms with Gasteiger partial charge in [-0.3, -0.25) is 4.99 Å². The van der Waals surface area contributed by atoms with E-state index in [-0.39, 0.29) is 18.7 Å². The minimum atomic E-state index is -0.271. The number of rotatable bonds is 5. The standard InChI is InChI=1S/C18H26FN3O4/c1-20-18(22-5-6-25-16(9-22)11-23-2)21-4-3-13-7-15(19)8-14-10-24-12-26-17(13)14/h7-8,16H,3-6,9-12H2,1-2H3,(H,20,21). The molecular weight excluding hydrogens is 341 g/mol. The third-order valence-corrected chi connectivity index (χ3v) is 4.43. The van der Waals surface area contributed by atoms with Crippen LogP contribution in [0.5, 0.6) is 5.75 Å². The van der Waals surface area contributed by atoms with Crippen molar-refractivity contribution in [1.82, 2.24) is 10.2 Å². The lowest BCUT2D eigenvalue weighted by molar-refractivity contribution is -0.0447. The molecular formula is C18H26FN3O4. The average molecular weight is 367 g/mol. The number of hydrogen-bond acceptors (Lipinski definition) is 5. The van der Waals surface area contributed by atoms with Crippen LogP contribution in [0.2, 0.25) is 0 Å². The maximum atomic E-state index is 13.8. The van der Waals surface area contributed by atoms with Crippen LogP contribution in [0.25, 0.3) is 0 Å². The molecule has 1 aromatic rings. The fourth-order valence-corrected chi connectivity index (χ4v) is 3.28. The van der Waals surface area contributed by atoms with Crippen LogP contribution < -0.4 is 10.1 Å². The van der Waals surface area contributed by atoms with Gasteiger partial charge in [0.1, 0.15) is 11.6 Å². The van der Waals surface area contributed by atoms with Gasteiger partial charge < -0.3 is 29.2 Å². The van der Waals surface area contributed by atoms with Gasteiger partial charge in [-0.15, -0.1) is 0 Å². The summed E-state index contributed by atoms with van der Waals surface area (Å²) in [5.41, 5.74) is 1.59. The third-order valence-electron chi connectivity index (χ3n) is 4.43. The van der Waals surface area contributed by atoms with Crippen molar-refractivity contribution in [3.63, 3.8) is 0 Å². The smallest absolute Gasteiger partial charge is 0.193 e. The number of halogens is 1. The van der Waals surface area contributed by atoms with Crippen molar-refractivity contribution in [2.45, 2.75) is 19.1 Å². The first-order valence-corrected chi connectivity index (χ1v) is 8.79. The minimum Gasteiger partial charge on any atom is -0.467 e. The zero-order chi connectivity index (χ0) is 18.4. The van der Waals surface area contributed by atoms with Crippen LogP contribution >= 0.6 is 0 Å². The first-order chi connectivity index (χ1) is 12.7. The van der Waals surface area contributed by atoms with Gasteiger partial charge in [0, 0.05) is 39.4 Å². The quantitative estimate of drug-likeness (QED) is 0.622. The molecule has 8 heteroatoms. The highest BCUT2D eigenvalue weighted by Crippen LogP contribution is 2.29. The number of ether oxygens (including phenoxy) is 4. The van der Waals surface area contributed by atoms with Crippen LogP contribution in [0, 0.1) is 5.82 Å². The fourth-order valence-electron chi connectivity index (χ4n) is 3.28. The monoisotopic (exact) mass is 367 g/mol. The molecule has 1 atom stereocenters. The molecule has 144 valence electrons. The van der Waals surface area contributed by atoms with Crippen LogP contribution in [0.15, 0.2) is 17.1 Å². The fraction of sp³-hybridized carbons (Fsp3) is 0.611. The lowest BCUT2D eigenvalue weighted by Gasteiger charge is -2.34. The van der Waals surface area contributed by atoms with E-state index in [0.29, 0.717) is 32.8 Å². The number of fused-ring (bicyclic) bond motifs is 1. The summed E-state index contributed by atoms with van der Waals surface area (Å²) in [4.78, 5) is 6.50. The van der Waals surface area contributed by atoms with Crippen LogP contribution in [-0.4, -0.2) is 70.8 Å². The SMILES string of the molecule is CN=C(NCCc1cc(F)cc2c1OCOC2)N1CCOC(COC)C1. The summed E-state index contributed by atoms with van der Waals surface area (Å²) in [7, 11) is 3.43. The van der Waals surface area contributed by atoms with Crippen LogP contribution in [0.1, 0.15) is 11.1 Å². The first kappa shape index (κ1) is 18.9. The second-order valence-corrected chi connectivity index (χ2v) is 6.28. The maximum absolute atomic E-state index is 13.8. The van der Waals surface area contributed by atoms with Crippen LogP contribution in [0.3, 0.4) is 0 Å². The van der Waals surface area contributed by atoms with Crippen molar-refractivity contribution in [1.29, 1.82) is 0 Å². The molecule has 1 saturated heterocycles. The highest BCUT2D eigenvalue weighted by molar-refractivity contribution is 5.80. The van der Waals surface area contributed by atoms with Crippen molar-refractivity contribution in [2.24, 2.45) is 4.99 Å². The van der Waals surface area contributed by atoms with Gasteiger partial charge in [-0.25, -0.2) is 4.39 Å². The molecule has 2 aliphatic rings. The molecule has 1 unspecified atom stereocenters. The maximum Gasteiger partial charge on any atom is 0.193 e. The normalized spacial score (nSPS) is 20.5. The average Bonchev–Trinajstić information content (AvgIpc) is 2.65. The van der Waals surface area contributed by atoms with E-state index in [1.807, 2.05) is 0 Å². The number of nitrogens with zero attached hydrogens (tertiary/aromatic N) is 2. The molecule has 0 aliphatic carbocycles. The Hall–Kier alpha value is -1.90. The van der Waals surface area contributed by atoms with Gasteiger partial charge in [0.15, 0.2) is 12.8 Å². The highest BCUT2D eigenvalue weighted by atomic mass is 19.1. The molecule has 0 amide bonds. The summed E-state index contributed by atoms with van der Waals surface area (Å²) in [6.07, 6.45) is 0.668. The van der Waals surface area contributed by atoms with Crippen LogP contribution in [-0.2, 0) is 27.2 Å². The molecule has 1 N–H and O–H groups in total. The van der Waals surface area contributed by atoms with Crippen molar-refractivity contribution < 1.29 is 23.3 Å². The Morgan fingerprint density at radius 2 is 2.35 bits per heavy atom. The number of morpholine rings is 1. The van der Waals surface area contributed by atoms with E-state index in [0.717, 1.165) is 35.9 Å². The third kappa shape index (κ3) is 4.63. The highest BCUT2D eigenvalue weighted by Gasteiger charge is 2.23. The van der Waals surface area contributed by atoms with E-state index >= 15 is 0 Å². The Morgan fingerprint density at radius 1 is 1.46 bits per heavy atom. The molecule has 0 radical (unpaired) electrons. The van der Waals surface area contributed by atoms with Crippen molar-refractivity contribution in [2.75, 3.05) is 53.8 Å². The Labute approximate surface area is 153 Å². The van der Waals surface area contributed by atoms with Gasteiger partial charge in [0.05, 0.1) is 25.9 Å². The molecule has 7 nitrogen and oxygen atoms in total. The predicted molar refractivity (Wildman–Crippen MR) is 94.9 cm³/mol. The molecule has 3 rings (SSSR count). The van der Waals surface area contributed by atoms with Gasteiger partial charge >= 0.3 is 0 Å². The Kier molecular flexibility index (Phi) is 6.65. The second kappa shape index (κ2) is 9.16. The molecule has 0 bridgehead atoms. The van der Waals surface area contributed by atoms with Gasteiger partial charge in [0.2, 0.25) is 0 Å². The summed E-state index contributed by atoms with van der Waals surface area (Å²) in [6, 6.07) is 2.99. The van der Waals surface area contributed by atoms with Crippen molar-refractivity contribution >= 4 is 5.96 Å². The van der Waals surface area contributed by atoms with Gasteiger partial charge in [-0.2, -0.15) is 0 Å². The molecule has 26 heavy (non-hydrogen) atoms. The number of hydrogen-bond donors (Lipinski definition) is 1. The molecule has 2 heterocycles. The number of aliphatic imine (C=N–C) groups is 1. The summed E-state index contributed by atoms with van der Waals surface area (Å²) in [5.74, 6) is 1.28. The number of benzene rings is 1. The van der Waals surface area contributed by atoms with E-state index in [2.05, 4.69) is 15.2 Å². The molecule has 1 aromatic carbocycles. The first-order valence-electron chi connectivity index (χ1n) is 8.79. The van der Waals surface area contributed by atoms with Crippen molar-refractivity contribution in [3.05, 3.63) is 29.1 Å². The van der Waals surface area contributed by atoms with Crippen molar-refractivity contribution in [3.8, 4) is 5.75 Å².